The summed E-state index contributed by atoms with van der Waals surface area (Å²) in [5.41, 5.74) is 3.54. The van der Waals surface area contributed by atoms with Crippen LogP contribution in [0.4, 0.5) is 16.2 Å². The van der Waals surface area contributed by atoms with Crippen LogP contribution in [0, 0.1) is 3.57 Å². The Labute approximate surface area is 213 Å². The van der Waals surface area contributed by atoms with Gasteiger partial charge in [0, 0.05) is 41.0 Å². The lowest BCUT2D eigenvalue weighted by Crippen LogP contribution is -2.50. The Morgan fingerprint density at radius 1 is 1.12 bits per heavy atom. The fraction of sp³-hybridized carbons (Fsp3) is 0.360. The molecule has 1 amide bonds. The van der Waals surface area contributed by atoms with Crippen molar-refractivity contribution in [3.05, 3.63) is 64.2 Å². The van der Waals surface area contributed by atoms with Crippen molar-refractivity contribution in [2.75, 3.05) is 31.1 Å². The summed E-state index contributed by atoms with van der Waals surface area (Å²) >= 11 is 2.26. The summed E-state index contributed by atoms with van der Waals surface area (Å²) in [5, 5.41) is 8.72. The molecule has 8 nitrogen and oxygen atoms in total. The second-order valence-corrected chi connectivity index (χ2v) is 10.2. The van der Waals surface area contributed by atoms with Crippen LogP contribution in [0.5, 0.6) is 0 Å². The van der Waals surface area contributed by atoms with Gasteiger partial charge in [-0.2, -0.15) is 10.2 Å². The molecule has 0 saturated carbocycles. The number of hydrogen-bond acceptors (Lipinski definition) is 7. The number of anilines is 1. The third kappa shape index (κ3) is 6.34. The highest BCUT2D eigenvalue weighted by Gasteiger charge is 2.25. The Kier molecular flexibility index (Phi) is 7.50. The van der Waals surface area contributed by atoms with Crippen LogP contribution < -0.4 is 4.90 Å². The van der Waals surface area contributed by atoms with E-state index in [1.807, 2.05) is 39.0 Å². The lowest BCUT2D eigenvalue weighted by Gasteiger charge is -2.36. The summed E-state index contributed by atoms with van der Waals surface area (Å²) in [5.74, 6) is 0.735. The highest BCUT2D eigenvalue weighted by molar-refractivity contribution is 14.1. The third-order valence-corrected chi connectivity index (χ3v) is 6.22. The predicted molar refractivity (Wildman–Crippen MR) is 139 cm³/mol. The highest BCUT2D eigenvalue weighted by atomic mass is 127. The number of carbonyl (C=O) groups is 1. The van der Waals surface area contributed by atoms with Crippen molar-refractivity contribution in [2.45, 2.75) is 32.9 Å². The van der Waals surface area contributed by atoms with Gasteiger partial charge >= 0.3 is 6.09 Å². The van der Waals surface area contributed by atoms with E-state index in [9.17, 15) is 4.79 Å². The monoisotopic (exact) mass is 573 g/mol. The van der Waals surface area contributed by atoms with E-state index in [0.717, 1.165) is 44.9 Å². The van der Waals surface area contributed by atoms with Gasteiger partial charge in [0.05, 0.1) is 18.4 Å². The zero-order valence-corrected chi connectivity index (χ0v) is 21.7. The number of nitrogens with zero attached hydrogens (tertiary/aromatic N) is 5. The summed E-state index contributed by atoms with van der Waals surface area (Å²) in [6.07, 6.45) is 2.88. The number of rotatable bonds is 5. The quantitative estimate of drug-likeness (QED) is 0.265. The van der Waals surface area contributed by atoms with Gasteiger partial charge in [-0.15, -0.1) is 0 Å². The maximum absolute atomic E-state index is 12.3. The molecule has 0 radical (unpaired) electrons. The van der Waals surface area contributed by atoms with Gasteiger partial charge in [0.1, 0.15) is 5.60 Å². The minimum atomic E-state index is -0.471. The lowest BCUT2D eigenvalue weighted by atomic mass is 10.2. The number of aromatic nitrogens is 1. The van der Waals surface area contributed by atoms with Gasteiger partial charge in [0.15, 0.2) is 12.2 Å². The lowest BCUT2D eigenvalue weighted by molar-refractivity contribution is 0.0240. The Morgan fingerprint density at radius 2 is 1.85 bits per heavy atom. The van der Waals surface area contributed by atoms with Crippen LogP contribution in [-0.4, -0.2) is 47.8 Å². The summed E-state index contributed by atoms with van der Waals surface area (Å²) in [6, 6.07) is 14.2. The van der Waals surface area contributed by atoms with Crippen LogP contribution in [0.2, 0.25) is 0 Å². The van der Waals surface area contributed by atoms with Crippen LogP contribution in [0.3, 0.4) is 0 Å². The molecule has 1 aliphatic heterocycles. The number of carbonyl (C=O) groups excluding carboxylic acids is 1. The van der Waals surface area contributed by atoms with E-state index in [2.05, 4.69) is 67.0 Å². The molecular weight excluding hydrogens is 545 g/mol. The first-order valence-corrected chi connectivity index (χ1v) is 12.2. The molecule has 3 aromatic rings. The van der Waals surface area contributed by atoms with Crippen molar-refractivity contribution in [3.8, 4) is 11.3 Å². The molecule has 178 valence electrons. The predicted octanol–water partition coefficient (Wildman–Crippen LogP) is 6.29. The van der Waals surface area contributed by atoms with Crippen LogP contribution in [0.25, 0.3) is 11.3 Å². The molecule has 0 bridgehead atoms. The smallest absolute Gasteiger partial charge is 0.410 e. The highest BCUT2D eigenvalue weighted by Crippen LogP contribution is 2.29. The topological polar surface area (TPSA) is 83.5 Å². The van der Waals surface area contributed by atoms with Gasteiger partial charge in [-0.3, -0.25) is 0 Å². The summed E-state index contributed by atoms with van der Waals surface area (Å²) < 4.78 is 11.9. The van der Waals surface area contributed by atoms with E-state index in [1.54, 1.807) is 11.1 Å². The summed E-state index contributed by atoms with van der Waals surface area (Å²) in [7, 11) is 0. The average Bonchev–Trinajstić information content (AvgIpc) is 3.33. The van der Waals surface area contributed by atoms with E-state index in [0.29, 0.717) is 19.6 Å². The van der Waals surface area contributed by atoms with Gasteiger partial charge in [-0.1, -0.05) is 12.1 Å². The molecule has 2 heterocycles. The van der Waals surface area contributed by atoms with Crippen molar-refractivity contribution in [3.63, 3.8) is 0 Å². The zero-order valence-electron chi connectivity index (χ0n) is 19.6. The number of piperazine rings is 1. The number of oxazole rings is 1. The number of benzene rings is 2. The first-order valence-electron chi connectivity index (χ1n) is 11.2. The summed E-state index contributed by atoms with van der Waals surface area (Å²) in [6.45, 7) is 9.03. The number of hydrogen-bond donors (Lipinski definition) is 0. The number of azo groups is 1. The van der Waals surface area contributed by atoms with Crippen LogP contribution >= 0.6 is 22.6 Å². The second kappa shape index (κ2) is 10.5. The standard InChI is InChI=1S/C25H28IN5O3/c1-25(2,3)34-24(32)31-12-10-30(11-13-31)20-7-4-18(5-8-20)15-28-29-19-6-9-21(22(26)14-19)23-16-27-17-33-23/h4-9,14,16-17H,10-13,15H2,1-3H3. The van der Waals surface area contributed by atoms with Crippen molar-refractivity contribution in [1.82, 2.24) is 9.88 Å². The first-order chi connectivity index (χ1) is 16.3. The van der Waals surface area contributed by atoms with Crippen LogP contribution in [0.1, 0.15) is 26.3 Å². The first kappa shape index (κ1) is 24.2. The Hall–Kier alpha value is -2.95. The van der Waals surface area contributed by atoms with E-state index in [-0.39, 0.29) is 6.09 Å². The number of halogens is 1. The van der Waals surface area contributed by atoms with Crippen LogP contribution in [-0.2, 0) is 11.3 Å². The SMILES string of the molecule is CC(C)(C)OC(=O)N1CCN(c2ccc(CN=Nc3ccc(-c4cnco4)c(I)c3)cc2)CC1. The van der Waals surface area contributed by atoms with Gasteiger partial charge in [-0.05, 0) is 79.3 Å². The number of amides is 1. The molecule has 0 unspecified atom stereocenters. The molecular formula is C25H28IN5O3. The molecule has 1 aromatic heterocycles. The third-order valence-electron chi connectivity index (χ3n) is 5.32. The molecule has 0 aliphatic carbocycles. The van der Waals surface area contributed by atoms with E-state index >= 15 is 0 Å². The fourth-order valence-electron chi connectivity index (χ4n) is 3.60. The Morgan fingerprint density at radius 3 is 2.47 bits per heavy atom. The second-order valence-electron chi connectivity index (χ2n) is 9.05. The fourth-order valence-corrected chi connectivity index (χ4v) is 4.36. The van der Waals surface area contributed by atoms with Gasteiger partial charge in [0.2, 0.25) is 0 Å². The normalized spacial score (nSPS) is 14.6. The zero-order chi connectivity index (χ0) is 24.1. The van der Waals surface area contributed by atoms with Crippen molar-refractivity contribution in [1.29, 1.82) is 0 Å². The van der Waals surface area contributed by atoms with Gasteiger partial charge in [-0.25, -0.2) is 9.78 Å². The molecule has 0 N–H and O–H groups in total. The van der Waals surface area contributed by atoms with E-state index < -0.39 is 5.60 Å². The van der Waals surface area contributed by atoms with E-state index in [1.165, 1.54) is 6.39 Å². The van der Waals surface area contributed by atoms with Gasteiger partial charge < -0.3 is 19.0 Å². The molecule has 9 heteroatoms. The van der Waals surface area contributed by atoms with Gasteiger partial charge in [0.25, 0.3) is 0 Å². The van der Waals surface area contributed by atoms with E-state index in [4.69, 9.17) is 9.15 Å². The van der Waals surface area contributed by atoms with Crippen LogP contribution in [0.15, 0.2) is 69.7 Å². The van der Waals surface area contributed by atoms with Crippen molar-refractivity contribution >= 4 is 40.1 Å². The number of ether oxygens (including phenoxy) is 1. The minimum Gasteiger partial charge on any atom is -0.444 e. The molecule has 1 saturated heterocycles. The maximum Gasteiger partial charge on any atom is 0.410 e. The Balaban J connectivity index is 1.29. The molecule has 4 rings (SSSR count). The average molecular weight is 573 g/mol. The van der Waals surface area contributed by atoms with Crippen molar-refractivity contribution < 1.29 is 13.9 Å². The molecule has 1 aliphatic rings. The maximum atomic E-state index is 12.3. The molecule has 0 atom stereocenters. The molecule has 0 spiro atoms. The molecule has 34 heavy (non-hydrogen) atoms. The Bertz CT molecular complexity index is 1130. The largest absolute Gasteiger partial charge is 0.444 e. The molecule has 1 fully saturated rings. The van der Waals surface area contributed by atoms with Crippen molar-refractivity contribution in [2.24, 2.45) is 10.2 Å². The minimum absolute atomic E-state index is 0.241. The summed E-state index contributed by atoms with van der Waals surface area (Å²) in [4.78, 5) is 20.3. The molecule has 2 aromatic carbocycles.